The van der Waals surface area contributed by atoms with Crippen LogP contribution in [-0.2, 0) is 0 Å². The van der Waals surface area contributed by atoms with E-state index < -0.39 is 0 Å². The summed E-state index contributed by atoms with van der Waals surface area (Å²) in [5.41, 5.74) is 5.55. The van der Waals surface area contributed by atoms with Crippen molar-refractivity contribution in [1.82, 2.24) is 9.78 Å². The Kier molecular flexibility index (Phi) is 3.31. The van der Waals surface area contributed by atoms with Gasteiger partial charge in [-0.15, -0.1) is 0 Å². The Morgan fingerprint density at radius 2 is 2.23 bits per heavy atom. The van der Waals surface area contributed by atoms with Gasteiger partial charge < -0.3 is 10.5 Å². The van der Waals surface area contributed by atoms with Crippen LogP contribution in [0.15, 0.2) is 12.4 Å². The number of nitrogens with zero attached hydrogens (tertiary/aromatic N) is 2. The molecule has 4 heteroatoms. The third-order valence-corrected chi connectivity index (χ3v) is 1.62. The Balaban J connectivity index is 2.49. The van der Waals surface area contributed by atoms with Gasteiger partial charge in [0.1, 0.15) is 6.61 Å². The molecule has 13 heavy (non-hydrogen) atoms. The molecule has 0 aliphatic heterocycles. The van der Waals surface area contributed by atoms with Crippen molar-refractivity contribution in [1.29, 1.82) is 0 Å². The summed E-state index contributed by atoms with van der Waals surface area (Å²) in [7, 11) is 0. The third-order valence-electron chi connectivity index (χ3n) is 1.62. The highest BCUT2D eigenvalue weighted by atomic mass is 16.5. The van der Waals surface area contributed by atoms with Crippen LogP contribution in [0.1, 0.15) is 26.8 Å². The van der Waals surface area contributed by atoms with E-state index in [1.54, 1.807) is 6.20 Å². The number of hydrogen-bond acceptors (Lipinski definition) is 3. The second-order valence-electron chi connectivity index (χ2n) is 3.54. The molecule has 0 aliphatic rings. The minimum atomic E-state index is 0.0578. The zero-order valence-corrected chi connectivity index (χ0v) is 8.40. The van der Waals surface area contributed by atoms with E-state index in [1.165, 1.54) is 0 Å². The van der Waals surface area contributed by atoms with Crippen LogP contribution in [0, 0.1) is 0 Å². The van der Waals surface area contributed by atoms with E-state index in [-0.39, 0.29) is 6.04 Å². The molecule has 1 unspecified atom stereocenters. The average Bonchev–Trinajstić information content (AvgIpc) is 2.48. The molecule has 0 saturated heterocycles. The van der Waals surface area contributed by atoms with E-state index in [1.807, 2.05) is 17.8 Å². The maximum Gasteiger partial charge on any atom is 0.157 e. The van der Waals surface area contributed by atoms with Crippen molar-refractivity contribution in [2.24, 2.45) is 5.73 Å². The summed E-state index contributed by atoms with van der Waals surface area (Å²) in [5, 5.41) is 4.14. The Hall–Kier alpha value is -1.03. The van der Waals surface area contributed by atoms with Crippen molar-refractivity contribution >= 4 is 0 Å². The van der Waals surface area contributed by atoms with Gasteiger partial charge >= 0.3 is 0 Å². The highest BCUT2D eigenvalue weighted by Gasteiger charge is 2.02. The van der Waals surface area contributed by atoms with Crippen molar-refractivity contribution < 1.29 is 4.74 Å². The lowest BCUT2D eigenvalue weighted by atomic mass is 10.4. The molecule has 2 N–H and O–H groups in total. The first-order valence-electron chi connectivity index (χ1n) is 4.52. The van der Waals surface area contributed by atoms with Crippen molar-refractivity contribution in [2.45, 2.75) is 32.9 Å². The molecule has 1 heterocycles. The molecule has 1 atom stereocenters. The Bertz CT molecular complexity index is 255. The first kappa shape index (κ1) is 10.1. The average molecular weight is 183 g/mol. The second kappa shape index (κ2) is 4.28. The van der Waals surface area contributed by atoms with Crippen LogP contribution in [0.5, 0.6) is 5.75 Å². The standard InChI is InChI=1S/C9H17N3O/c1-7(2)12-5-9(4-11-12)13-6-8(3)10/h4-5,7-8H,6,10H2,1-3H3. The minimum absolute atomic E-state index is 0.0578. The summed E-state index contributed by atoms with van der Waals surface area (Å²) in [4.78, 5) is 0. The smallest absolute Gasteiger partial charge is 0.157 e. The van der Waals surface area contributed by atoms with Crippen LogP contribution < -0.4 is 10.5 Å². The van der Waals surface area contributed by atoms with Gasteiger partial charge in [-0.25, -0.2) is 0 Å². The summed E-state index contributed by atoms with van der Waals surface area (Å²) in [6.45, 7) is 6.58. The van der Waals surface area contributed by atoms with Gasteiger partial charge in [-0.2, -0.15) is 5.10 Å². The molecular formula is C9H17N3O. The molecule has 1 rings (SSSR count). The third kappa shape index (κ3) is 3.06. The molecule has 0 fully saturated rings. The molecule has 0 amide bonds. The van der Waals surface area contributed by atoms with E-state index in [2.05, 4.69) is 18.9 Å². The molecule has 0 aromatic carbocycles. The summed E-state index contributed by atoms with van der Waals surface area (Å²) in [6, 6.07) is 0.426. The van der Waals surface area contributed by atoms with Crippen LogP contribution in [0.2, 0.25) is 0 Å². The molecule has 0 spiro atoms. The zero-order valence-electron chi connectivity index (χ0n) is 8.40. The highest BCUT2D eigenvalue weighted by Crippen LogP contribution is 2.12. The van der Waals surface area contributed by atoms with Gasteiger partial charge in [-0.05, 0) is 20.8 Å². The molecule has 1 aromatic rings. The minimum Gasteiger partial charge on any atom is -0.489 e. The SMILES string of the molecule is CC(N)COc1cnn(C(C)C)c1. The molecule has 0 bridgehead atoms. The predicted octanol–water partition coefficient (Wildman–Crippen LogP) is 1.19. The van der Waals surface area contributed by atoms with Gasteiger partial charge in [0.25, 0.3) is 0 Å². The topological polar surface area (TPSA) is 53.1 Å². The van der Waals surface area contributed by atoms with Gasteiger partial charge in [0.05, 0.1) is 12.4 Å². The normalized spacial score (nSPS) is 13.3. The molecule has 0 saturated carbocycles. The molecular weight excluding hydrogens is 166 g/mol. The maximum atomic E-state index is 5.55. The first-order chi connectivity index (χ1) is 6.09. The quantitative estimate of drug-likeness (QED) is 0.762. The molecule has 0 radical (unpaired) electrons. The maximum absolute atomic E-state index is 5.55. The number of rotatable bonds is 4. The van der Waals surface area contributed by atoms with Crippen LogP contribution in [0.4, 0.5) is 0 Å². The molecule has 0 aliphatic carbocycles. The number of ether oxygens (including phenoxy) is 1. The van der Waals surface area contributed by atoms with E-state index in [9.17, 15) is 0 Å². The van der Waals surface area contributed by atoms with Gasteiger partial charge in [0, 0.05) is 12.1 Å². The van der Waals surface area contributed by atoms with Crippen molar-refractivity contribution in [3.05, 3.63) is 12.4 Å². The molecule has 1 aromatic heterocycles. The van der Waals surface area contributed by atoms with Gasteiger partial charge in [0.2, 0.25) is 0 Å². The summed E-state index contributed by atoms with van der Waals surface area (Å²) in [5.74, 6) is 0.783. The number of aromatic nitrogens is 2. The predicted molar refractivity (Wildman–Crippen MR) is 51.8 cm³/mol. The zero-order chi connectivity index (χ0) is 9.84. The summed E-state index contributed by atoms with van der Waals surface area (Å²) >= 11 is 0. The highest BCUT2D eigenvalue weighted by molar-refractivity contribution is 5.12. The van der Waals surface area contributed by atoms with Crippen molar-refractivity contribution in [2.75, 3.05) is 6.61 Å². The Morgan fingerprint density at radius 3 is 2.69 bits per heavy atom. The van der Waals surface area contributed by atoms with E-state index in [4.69, 9.17) is 10.5 Å². The van der Waals surface area contributed by atoms with E-state index in [0.717, 1.165) is 5.75 Å². The molecule has 74 valence electrons. The number of hydrogen-bond donors (Lipinski definition) is 1. The van der Waals surface area contributed by atoms with Crippen LogP contribution in [0.25, 0.3) is 0 Å². The van der Waals surface area contributed by atoms with Crippen LogP contribution in [0.3, 0.4) is 0 Å². The second-order valence-corrected chi connectivity index (χ2v) is 3.54. The summed E-state index contributed by atoms with van der Waals surface area (Å²) < 4.78 is 7.25. The number of nitrogens with two attached hydrogens (primary N) is 1. The lowest BCUT2D eigenvalue weighted by Crippen LogP contribution is -2.23. The Morgan fingerprint density at radius 1 is 1.54 bits per heavy atom. The Labute approximate surface area is 78.7 Å². The summed E-state index contributed by atoms with van der Waals surface area (Å²) in [6.07, 6.45) is 3.59. The van der Waals surface area contributed by atoms with Gasteiger partial charge in [-0.3, -0.25) is 4.68 Å². The van der Waals surface area contributed by atoms with Crippen molar-refractivity contribution in [3.8, 4) is 5.75 Å². The van der Waals surface area contributed by atoms with Gasteiger partial charge in [-0.1, -0.05) is 0 Å². The lowest BCUT2D eigenvalue weighted by Gasteiger charge is -2.06. The lowest BCUT2D eigenvalue weighted by molar-refractivity contribution is 0.295. The largest absolute Gasteiger partial charge is 0.489 e. The van der Waals surface area contributed by atoms with Crippen LogP contribution >= 0.6 is 0 Å². The van der Waals surface area contributed by atoms with E-state index in [0.29, 0.717) is 12.6 Å². The monoisotopic (exact) mass is 183 g/mol. The van der Waals surface area contributed by atoms with Crippen LogP contribution in [-0.4, -0.2) is 22.4 Å². The van der Waals surface area contributed by atoms with Crippen molar-refractivity contribution in [3.63, 3.8) is 0 Å². The van der Waals surface area contributed by atoms with E-state index >= 15 is 0 Å². The van der Waals surface area contributed by atoms with Gasteiger partial charge in [0.15, 0.2) is 5.75 Å². The fourth-order valence-corrected chi connectivity index (χ4v) is 0.905. The molecule has 4 nitrogen and oxygen atoms in total. The fourth-order valence-electron chi connectivity index (χ4n) is 0.905. The first-order valence-corrected chi connectivity index (χ1v) is 4.52. The fraction of sp³-hybridized carbons (Fsp3) is 0.667.